The molecule has 0 heterocycles. The summed E-state index contributed by atoms with van der Waals surface area (Å²) in [5.41, 5.74) is -1.91. The maximum Gasteiger partial charge on any atom is 0.197 e. The van der Waals surface area contributed by atoms with Crippen LogP contribution in [0.15, 0.2) is 24.3 Å². The number of ketones is 2. The van der Waals surface area contributed by atoms with E-state index < -0.39 is 17.2 Å². The SMILES string of the molecule is C=C(C)C(=O)C(O)(CCCO)C(=O)C(=C)C. The fourth-order valence-corrected chi connectivity index (χ4v) is 1.37. The highest BCUT2D eigenvalue weighted by Gasteiger charge is 2.42. The summed E-state index contributed by atoms with van der Waals surface area (Å²) in [4.78, 5) is 23.4. The van der Waals surface area contributed by atoms with Crippen LogP contribution in [0.5, 0.6) is 0 Å². The van der Waals surface area contributed by atoms with E-state index in [1.165, 1.54) is 13.8 Å². The molecule has 2 N–H and O–H groups in total. The number of aliphatic hydroxyl groups excluding tert-OH is 1. The molecule has 0 aromatic rings. The van der Waals surface area contributed by atoms with E-state index in [2.05, 4.69) is 13.2 Å². The van der Waals surface area contributed by atoms with Crippen LogP contribution in [0, 0.1) is 0 Å². The Morgan fingerprint density at radius 1 is 1.12 bits per heavy atom. The first-order valence-corrected chi connectivity index (χ1v) is 5.01. The molecule has 0 rings (SSSR count). The van der Waals surface area contributed by atoms with Gasteiger partial charge in [0.15, 0.2) is 17.2 Å². The van der Waals surface area contributed by atoms with Crippen molar-refractivity contribution in [2.45, 2.75) is 32.3 Å². The molecular weight excluding hydrogens is 208 g/mol. The van der Waals surface area contributed by atoms with Crippen LogP contribution >= 0.6 is 0 Å². The fourth-order valence-electron chi connectivity index (χ4n) is 1.37. The van der Waals surface area contributed by atoms with Gasteiger partial charge >= 0.3 is 0 Å². The van der Waals surface area contributed by atoms with Crippen LogP contribution in [0.25, 0.3) is 0 Å². The maximum atomic E-state index is 11.7. The van der Waals surface area contributed by atoms with Crippen molar-refractivity contribution >= 4 is 11.6 Å². The van der Waals surface area contributed by atoms with Crippen molar-refractivity contribution in [2.24, 2.45) is 0 Å². The van der Waals surface area contributed by atoms with Crippen LogP contribution in [0.1, 0.15) is 26.7 Å². The maximum absolute atomic E-state index is 11.7. The first-order chi connectivity index (χ1) is 7.27. The van der Waals surface area contributed by atoms with Gasteiger partial charge in [-0.3, -0.25) is 9.59 Å². The molecule has 0 aliphatic carbocycles. The molecule has 90 valence electrons. The predicted molar refractivity (Wildman–Crippen MR) is 60.9 cm³/mol. The van der Waals surface area contributed by atoms with Crippen LogP contribution in [0.4, 0.5) is 0 Å². The minimum atomic E-state index is -2.12. The number of Topliss-reactive ketones (excluding diaryl/α,β-unsaturated/α-hetero) is 2. The van der Waals surface area contributed by atoms with Gasteiger partial charge < -0.3 is 10.2 Å². The van der Waals surface area contributed by atoms with Crippen LogP contribution in [0.3, 0.4) is 0 Å². The molecule has 4 heteroatoms. The van der Waals surface area contributed by atoms with Crippen molar-refractivity contribution in [1.82, 2.24) is 0 Å². The Balaban J connectivity index is 5.18. The average molecular weight is 226 g/mol. The van der Waals surface area contributed by atoms with Gasteiger partial charge in [-0.05, 0) is 37.8 Å². The largest absolute Gasteiger partial charge is 0.396 e. The van der Waals surface area contributed by atoms with Gasteiger partial charge in [0.25, 0.3) is 0 Å². The third kappa shape index (κ3) is 3.12. The normalized spacial score (nSPS) is 11.0. The third-order valence-electron chi connectivity index (χ3n) is 2.22. The highest BCUT2D eigenvalue weighted by molar-refractivity contribution is 6.21. The molecule has 16 heavy (non-hydrogen) atoms. The lowest BCUT2D eigenvalue weighted by atomic mass is 9.83. The minimum absolute atomic E-state index is 0.107. The lowest BCUT2D eigenvalue weighted by Gasteiger charge is -2.25. The van der Waals surface area contributed by atoms with E-state index in [1.807, 2.05) is 0 Å². The Bertz CT molecular complexity index is 302. The van der Waals surface area contributed by atoms with E-state index in [1.54, 1.807) is 0 Å². The second-order valence-corrected chi connectivity index (χ2v) is 3.91. The molecule has 4 nitrogen and oxygen atoms in total. The average Bonchev–Trinajstić information content (AvgIpc) is 2.23. The molecule has 0 radical (unpaired) electrons. The molecule has 0 saturated carbocycles. The summed E-state index contributed by atoms with van der Waals surface area (Å²) in [5.74, 6) is -1.43. The molecule has 0 atom stereocenters. The topological polar surface area (TPSA) is 74.6 Å². The van der Waals surface area contributed by atoms with Crippen molar-refractivity contribution in [3.8, 4) is 0 Å². The smallest absolute Gasteiger partial charge is 0.197 e. The highest BCUT2D eigenvalue weighted by atomic mass is 16.3. The Morgan fingerprint density at radius 3 is 1.75 bits per heavy atom. The summed E-state index contributed by atoms with van der Waals surface area (Å²) in [6.45, 7) is 9.49. The van der Waals surface area contributed by atoms with E-state index in [0.717, 1.165) is 0 Å². The first kappa shape index (κ1) is 14.7. The summed E-state index contributed by atoms with van der Waals surface area (Å²) in [6.07, 6.45) is 0.0371. The van der Waals surface area contributed by atoms with Crippen LogP contribution < -0.4 is 0 Å². The lowest BCUT2D eigenvalue weighted by Crippen LogP contribution is -2.47. The third-order valence-corrected chi connectivity index (χ3v) is 2.22. The summed E-state index contributed by atoms with van der Waals surface area (Å²) < 4.78 is 0. The number of hydrogen-bond acceptors (Lipinski definition) is 4. The molecule has 0 bridgehead atoms. The Kier molecular flexibility index (Phi) is 5.27. The molecule has 0 spiro atoms. The van der Waals surface area contributed by atoms with Crippen molar-refractivity contribution in [2.75, 3.05) is 6.61 Å². The molecule has 0 saturated heterocycles. The van der Waals surface area contributed by atoms with Gasteiger partial charge in [-0.2, -0.15) is 0 Å². The van der Waals surface area contributed by atoms with Crippen LogP contribution in [-0.4, -0.2) is 34.0 Å². The van der Waals surface area contributed by atoms with Crippen LogP contribution in [0.2, 0.25) is 0 Å². The van der Waals surface area contributed by atoms with Crippen molar-refractivity contribution < 1.29 is 19.8 Å². The zero-order valence-corrected chi connectivity index (χ0v) is 9.75. The Labute approximate surface area is 95.3 Å². The lowest BCUT2D eigenvalue weighted by molar-refractivity contribution is -0.147. The van der Waals surface area contributed by atoms with E-state index in [-0.39, 0.29) is 30.6 Å². The highest BCUT2D eigenvalue weighted by Crippen LogP contribution is 2.22. The molecule has 0 aromatic heterocycles. The van der Waals surface area contributed by atoms with Gasteiger partial charge in [-0.25, -0.2) is 0 Å². The molecule has 0 fully saturated rings. The number of aliphatic hydroxyl groups is 2. The zero-order valence-electron chi connectivity index (χ0n) is 9.75. The molecule has 0 unspecified atom stereocenters. The monoisotopic (exact) mass is 226 g/mol. The molecular formula is C12H18O4. The Morgan fingerprint density at radius 2 is 1.50 bits per heavy atom. The molecule has 0 aliphatic heterocycles. The predicted octanol–water partition coefficient (Wildman–Crippen LogP) is 0.780. The second kappa shape index (κ2) is 5.72. The summed E-state index contributed by atoms with van der Waals surface area (Å²) >= 11 is 0. The number of carbonyl (C=O) groups is 2. The van der Waals surface area contributed by atoms with E-state index in [4.69, 9.17) is 5.11 Å². The van der Waals surface area contributed by atoms with Gasteiger partial charge in [0.1, 0.15) is 0 Å². The zero-order chi connectivity index (χ0) is 12.9. The van der Waals surface area contributed by atoms with Gasteiger partial charge in [0.05, 0.1) is 0 Å². The Hall–Kier alpha value is -1.26. The van der Waals surface area contributed by atoms with E-state index >= 15 is 0 Å². The first-order valence-electron chi connectivity index (χ1n) is 5.01. The summed E-state index contributed by atoms with van der Waals surface area (Å²) in [7, 11) is 0. The fraction of sp³-hybridized carbons (Fsp3) is 0.500. The number of rotatable bonds is 7. The van der Waals surface area contributed by atoms with Gasteiger partial charge in [-0.1, -0.05) is 13.2 Å². The quantitative estimate of drug-likeness (QED) is 0.497. The number of hydrogen-bond donors (Lipinski definition) is 2. The molecule has 0 amide bonds. The minimum Gasteiger partial charge on any atom is -0.396 e. The molecule has 0 aromatic carbocycles. The van der Waals surface area contributed by atoms with Crippen LogP contribution in [-0.2, 0) is 9.59 Å². The molecule has 0 aliphatic rings. The van der Waals surface area contributed by atoms with Crippen molar-refractivity contribution in [3.63, 3.8) is 0 Å². The van der Waals surface area contributed by atoms with Gasteiger partial charge in [-0.15, -0.1) is 0 Å². The van der Waals surface area contributed by atoms with E-state index in [9.17, 15) is 14.7 Å². The van der Waals surface area contributed by atoms with Gasteiger partial charge in [0, 0.05) is 6.61 Å². The van der Waals surface area contributed by atoms with Gasteiger partial charge in [0.2, 0.25) is 0 Å². The number of carbonyl (C=O) groups excluding carboxylic acids is 2. The second-order valence-electron chi connectivity index (χ2n) is 3.91. The van der Waals surface area contributed by atoms with E-state index in [0.29, 0.717) is 0 Å². The summed E-state index contributed by atoms with van der Waals surface area (Å²) in [5, 5.41) is 18.8. The van der Waals surface area contributed by atoms with Crippen molar-refractivity contribution in [3.05, 3.63) is 24.3 Å². The standard InChI is InChI=1S/C12H18O4/c1-8(2)10(14)12(16,6-5-7-13)11(15)9(3)4/h13,16H,1,3,5-7H2,2,4H3. The summed E-state index contributed by atoms with van der Waals surface area (Å²) in [6, 6.07) is 0. The van der Waals surface area contributed by atoms with Crippen molar-refractivity contribution in [1.29, 1.82) is 0 Å².